The lowest BCUT2D eigenvalue weighted by atomic mass is 9.78. The number of hydrogen-bond acceptors (Lipinski definition) is 3. The van der Waals surface area contributed by atoms with E-state index in [2.05, 4.69) is 0 Å². The van der Waals surface area contributed by atoms with E-state index in [1.54, 1.807) is 19.9 Å². The van der Waals surface area contributed by atoms with Gasteiger partial charge in [-0.2, -0.15) is 5.26 Å². The fourth-order valence-corrected chi connectivity index (χ4v) is 0.589. The van der Waals surface area contributed by atoms with Crippen molar-refractivity contribution in [2.75, 3.05) is 0 Å². The molecule has 0 aliphatic rings. The summed E-state index contributed by atoms with van der Waals surface area (Å²) in [4.78, 5) is 0. The molecule has 0 aromatic carbocycles. The van der Waals surface area contributed by atoms with Gasteiger partial charge in [0.25, 0.3) is 0 Å². The predicted molar refractivity (Wildman–Crippen MR) is 43.3 cm³/mol. The summed E-state index contributed by atoms with van der Waals surface area (Å²) in [5, 5.41) is 25.7. The van der Waals surface area contributed by atoms with Gasteiger partial charge in [0.2, 0.25) is 0 Å². The van der Waals surface area contributed by atoms with E-state index in [1.165, 1.54) is 6.08 Å². The Hall–Kier alpha value is -1.05. The first-order valence-electron chi connectivity index (χ1n) is 3.22. The molecule has 0 aliphatic carbocycles. The molecule has 0 heterocycles. The van der Waals surface area contributed by atoms with Crippen LogP contribution in [0.3, 0.4) is 0 Å². The van der Waals surface area contributed by atoms with Crippen LogP contribution in [0.2, 0.25) is 0 Å². The molecule has 0 unspecified atom stereocenters. The maximum absolute atomic E-state index is 8.69. The topological polar surface area (TPSA) is 64.2 Å². The molecule has 0 saturated heterocycles. The summed E-state index contributed by atoms with van der Waals surface area (Å²) >= 11 is 0. The third-order valence-electron chi connectivity index (χ3n) is 1.19. The molecule has 0 fully saturated rings. The second kappa shape index (κ2) is 4.72. The minimum atomic E-state index is -1.50. The molecule has 2 N–H and O–H groups in total. The maximum atomic E-state index is 8.69. The summed E-state index contributed by atoms with van der Waals surface area (Å²) in [7, 11) is -1.50. The minimum absolute atomic E-state index is 0.337. The largest absolute Gasteiger partial charge is 0.488 e. The van der Waals surface area contributed by atoms with Crippen LogP contribution in [0.5, 0.6) is 0 Å². The Balaban J connectivity index is 4.48. The third-order valence-corrected chi connectivity index (χ3v) is 1.19. The molecule has 0 aliphatic heterocycles. The summed E-state index contributed by atoms with van der Waals surface area (Å²) in [6, 6.07) is 1.88. The number of rotatable bonds is 2. The Morgan fingerprint density at radius 2 is 2.09 bits per heavy atom. The number of nitriles is 1. The molecule has 11 heavy (non-hydrogen) atoms. The van der Waals surface area contributed by atoms with Gasteiger partial charge in [-0.05, 0) is 25.4 Å². The van der Waals surface area contributed by atoms with Gasteiger partial charge in [0.1, 0.15) is 0 Å². The van der Waals surface area contributed by atoms with Crippen LogP contribution in [0, 0.1) is 11.3 Å². The summed E-state index contributed by atoms with van der Waals surface area (Å²) in [6.45, 7) is 3.28. The van der Waals surface area contributed by atoms with Crippen LogP contribution in [0.25, 0.3) is 0 Å². The van der Waals surface area contributed by atoms with Crippen LogP contribution in [0.4, 0.5) is 0 Å². The lowest BCUT2D eigenvalue weighted by Crippen LogP contribution is -2.13. The van der Waals surface area contributed by atoms with Crippen LogP contribution in [0.1, 0.15) is 13.8 Å². The normalized spacial score (nSPS) is 12.6. The first-order valence-corrected chi connectivity index (χ1v) is 3.22. The Morgan fingerprint density at radius 3 is 2.36 bits per heavy atom. The summed E-state index contributed by atoms with van der Waals surface area (Å²) in [5.74, 6) is 0. The molecule has 0 rings (SSSR count). The van der Waals surface area contributed by atoms with Gasteiger partial charge in [-0.15, -0.1) is 0 Å². The third kappa shape index (κ3) is 3.61. The van der Waals surface area contributed by atoms with Crippen molar-refractivity contribution in [2.45, 2.75) is 13.8 Å². The van der Waals surface area contributed by atoms with Gasteiger partial charge in [0.15, 0.2) is 0 Å². The second-order valence-electron chi connectivity index (χ2n) is 2.10. The Labute approximate surface area is 66.4 Å². The molecule has 0 amide bonds. The molecule has 0 radical (unpaired) electrons. The zero-order valence-corrected chi connectivity index (χ0v) is 6.57. The number of nitrogens with zero attached hydrogens (tertiary/aromatic N) is 1. The Kier molecular flexibility index (Phi) is 4.27. The van der Waals surface area contributed by atoms with E-state index in [1.807, 2.05) is 6.07 Å². The monoisotopic (exact) mass is 151 g/mol. The van der Waals surface area contributed by atoms with Crippen LogP contribution in [-0.4, -0.2) is 17.2 Å². The quantitative estimate of drug-likeness (QED) is 0.341. The first-order chi connectivity index (χ1) is 5.11. The van der Waals surface area contributed by atoms with Crippen molar-refractivity contribution in [1.82, 2.24) is 0 Å². The number of allylic oxidation sites excluding steroid dienone is 4. The molecule has 58 valence electrons. The van der Waals surface area contributed by atoms with E-state index in [0.717, 1.165) is 0 Å². The molecule has 0 atom stereocenters. The molecule has 0 aromatic rings. The van der Waals surface area contributed by atoms with E-state index >= 15 is 0 Å². The molecule has 0 bridgehead atoms. The number of hydrogen-bond donors (Lipinski definition) is 2. The van der Waals surface area contributed by atoms with Gasteiger partial charge in [-0.1, -0.05) is 6.08 Å². The fourth-order valence-electron chi connectivity index (χ4n) is 0.589. The highest BCUT2D eigenvalue weighted by atomic mass is 16.4. The first kappa shape index (κ1) is 9.95. The summed E-state index contributed by atoms with van der Waals surface area (Å²) in [5.41, 5.74) is 0.787. The minimum Gasteiger partial charge on any atom is -0.423 e. The van der Waals surface area contributed by atoms with Crippen molar-refractivity contribution in [2.24, 2.45) is 0 Å². The van der Waals surface area contributed by atoms with Gasteiger partial charge in [0, 0.05) is 5.57 Å². The van der Waals surface area contributed by atoms with Gasteiger partial charge in [0.05, 0.1) is 6.07 Å². The molecular formula is C7H10BNO2. The van der Waals surface area contributed by atoms with Crippen molar-refractivity contribution >= 4 is 7.12 Å². The van der Waals surface area contributed by atoms with Gasteiger partial charge in [-0.25, -0.2) is 0 Å². The smallest absolute Gasteiger partial charge is 0.423 e. The Morgan fingerprint density at radius 1 is 1.55 bits per heavy atom. The van der Waals surface area contributed by atoms with Crippen molar-refractivity contribution < 1.29 is 10.0 Å². The average molecular weight is 151 g/mol. The van der Waals surface area contributed by atoms with Gasteiger partial charge >= 0.3 is 7.12 Å². The van der Waals surface area contributed by atoms with Crippen molar-refractivity contribution in [3.63, 3.8) is 0 Å². The summed E-state index contributed by atoms with van der Waals surface area (Å²) < 4.78 is 0. The highest BCUT2D eigenvalue weighted by Crippen LogP contribution is 2.02. The standard InChI is InChI=1S/C7H10BNO2/c1-3-7(8(10)11)4-6(2)5-9/h3-4,10-11H,1-2H3/b6-4+,7-3+. The summed E-state index contributed by atoms with van der Waals surface area (Å²) in [6.07, 6.45) is 2.98. The molecule has 3 nitrogen and oxygen atoms in total. The van der Waals surface area contributed by atoms with Crippen LogP contribution >= 0.6 is 0 Å². The van der Waals surface area contributed by atoms with E-state index in [0.29, 0.717) is 11.0 Å². The highest BCUT2D eigenvalue weighted by Gasteiger charge is 2.10. The fraction of sp³-hybridized carbons (Fsp3) is 0.286. The van der Waals surface area contributed by atoms with Gasteiger partial charge < -0.3 is 10.0 Å². The molecule has 0 spiro atoms. The van der Waals surface area contributed by atoms with Crippen LogP contribution < -0.4 is 0 Å². The van der Waals surface area contributed by atoms with Crippen LogP contribution in [-0.2, 0) is 0 Å². The SMILES string of the molecule is C/C=C(\C=C(/C)C#N)B(O)O. The van der Waals surface area contributed by atoms with Crippen molar-refractivity contribution in [3.05, 3.63) is 23.2 Å². The molecule has 0 aromatic heterocycles. The Bertz CT molecular complexity index is 225. The van der Waals surface area contributed by atoms with Crippen molar-refractivity contribution in [1.29, 1.82) is 5.26 Å². The van der Waals surface area contributed by atoms with E-state index in [-0.39, 0.29) is 0 Å². The highest BCUT2D eigenvalue weighted by molar-refractivity contribution is 6.51. The maximum Gasteiger partial charge on any atom is 0.488 e. The molecule has 0 saturated carbocycles. The molecular weight excluding hydrogens is 141 g/mol. The van der Waals surface area contributed by atoms with E-state index in [4.69, 9.17) is 15.3 Å². The lowest BCUT2D eigenvalue weighted by Gasteiger charge is -1.97. The zero-order valence-electron chi connectivity index (χ0n) is 6.57. The second-order valence-corrected chi connectivity index (χ2v) is 2.10. The predicted octanol–water partition coefficient (Wildman–Crippen LogP) is 0.415. The molecule has 4 heteroatoms. The van der Waals surface area contributed by atoms with E-state index < -0.39 is 7.12 Å². The van der Waals surface area contributed by atoms with Gasteiger partial charge in [-0.3, -0.25) is 0 Å². The zero-order chi connectivity index (χ0) is 8.85. The lowest BCUT2D eigenvalue weighted by molar-refractivity contribution is 0.420. The van der Waals surface area contributed by atoms with E-state index in [9.17, 15) is 0 Å². The van der Waals surface area contributed by atoms with Crippen LogP contribution in [0.15, 0.2) is 23.2 Å². The van der Waals surface area contributed by atoms with Crippen molar-refractivity contribution in [3.8, 4) is 6.07 Å². The average Bonchev–Trinajstić information content (AvgIpc) is 1.99.